The fourth-order valence-corrected chi connectivity index (χ4v) is 3.98. The first-order valence-electron chi connectivity index (χ1n) is 9.04. The maximum Gasteiger partial charge on any atom is 0.326 e. The van der Waals surface area contributed by atoms with E-state index in [0.29, 0.717) is 31.6 Å². The van der Waals surface area contributed by atoms with Gasteiger partial charge < -0.3 is 14.9 Å². The Labute approximate surface area is 153 Å². The first-order valence-corrected chi connectivity index (χ1v) is 9.04. The zero-order chi connectivity index (χ0) is 18.9. The van der Waals surface area contributed by atoms with Gasteiger partial charge in [-0.15, -0.1) is 0 Å². The highest BCUT2D eigenvalue weighted by Gasteiger charge is 2.43. The Morgan fingerprint density at radius 1 is 1.23 bits per heavy atom. The zero-order valence-corrected chi connectivity index (χ0v) is 15.3. The molecule has 1 N–H and O–H groups in total. The first-order chi connectivity index (χ1) is 12.3. The molecule has 3 heterocycles. The summed E-state index contributed by atoms with van der Waals surface area (Å²) in [6.45, 7) is 5.18. The third-order valence-electron chi connectivity index (χ3n) is 5.75. The van der Waals surface area contributed by atoms with Crippen LogP contribution in [0.1, 0.15) is 48.5 Å². The third-order valence-corrected chi connectivity index (χ3v) is 5.75. The molecule has 7 heteroatoms. The summed E-state index contributed by atoms with van der Waals surface area (Å²) in [5, 5.41) is 9.25. The molecular formula is C19H25N3O4. The lowest BCUT2D eigenvalue weighted by molar-refractivity contribution is -0.154. The normalized spacial score (nSPS) is 20.9. The monoisotopic (exact) mass is 359 g/mol. The van der Waals surface area contributed by atoms with Crippen LogP contribution in [0.3, 0.4) is 0 Å². The zero-order valence-electron chi connectivity index (χ0n) is 15.3. The van der Waals surface area contributed by atoms with Crippen molar-refractivity contribution >= 4 is 17.8 Å². The number of nitrogens with zero attached hydrogens (tertiary/aromatic N) is 3. The van der Waals surface area contributed by atoms with Crippen LogP contribution in [-0.2, 0) is 9.59 Å². The smallest absolute Gasteiger partial charge is 0.326 e. The Morgan fingerprint density at radius 3 is 2.54 bits per heavy atom. The largest absolute Gasteiger partial charge is 0.480 e. The third kappa shape index (κ3) is 3.57. The molecule has 1 unspecified atom stereocenters. The topological polar surface area (TPSA) is 90.8 Å². The summed E-state index contributed by atoms with van der Waals surface area (Å²) in [6.07, 6.45) is 6.03. The van der Waals surface area contributed by atoms with E-state index < -0.39 is 12.0 Å². The molecule has 0 saturated carbocycles. The van der Waals surface area contributed by atoms with Crippen molar-refractivity contribution in [2.75, 3.05) is 19.6 Å². The van der Waals surface area contributed by atoms with Gasteiger partial charge in [0.15, 0.2) is 0 Å². The Hall–Kier alpha value is -2.44. The van der Waals surface area contributed by atoms with Crippen molar-refractivity contribution in [1.29, 1.82) is 0 Å². The summed E-state index contributed by atoms with van der Waals surface area (Å²) < 4.78 is 0. The summed E-state index contributed by atoms with van der Waals surface area (Å²) >= 11 is 0. The maximum atomic E-state index is 12.7. The van der Waals surface area contributed by atoms with Crippen LogP contribution >= 0.6 is 0 Å². The minimum atomic E-state index is -0.977. The number of carbonyl (C=O) groups is 3. The summed E-state index contributed by atoms with van der Waals surface area (Å²) in [7, 11) is 0. The van der Waals surface area contributed by atoms with E-state index in [4.69, 9.17) is 0 Å². The number of aryl methyl sites for hydroxylation is 1. The molecule has 1 atom stereocenters. The molecule has 140 valence electrons. The molecule has 1 spiro atoms. The van der Waals surface area contributed by atoms with E-state index in [1.165, 1.54) is 4.90 Å². The average molecular weight is 359 g/mol. The van der Waals surface area contributed by atoms with E-state index in [1.54, 1.807) is 19.3 Å². The number of hydrogen-bond acceptors (Lipinski definition) is 4. The number of aromatic nitrogens is 1. The van der Waals surface area contributed by atoms with Gasteiger partial charge in [0.05, 0.1) is 5.56 Å². The summed E-state index contributed by atoms with van der Waals surface area (Å²) in [5.74, 6) is -1.08. The quantitative estimate of drug-likeness (QED) is 0.887. The van der Waals surface area contributed by atoms with E-state index in [-0.39, 0.29) is 17.2 Å². The molecule has 7 nitrogen and oxygen atoms in total. The second-order valence-corrected chi connectivity index (χ2v) is 7.58. The number of carboxylic acids is 1. The van der Waals surface area contributed by atoms with Crippen LogP contribution in [0.25, 0.3) is 0 Å². The van der Waals surface area contributed by atoms with E-state index in [1.807, 2.05) is 17.9 Å². The van der Waals surface area contributed by atoms with Crippen LogP contribution in [0.5, 0.6) is 0 Å². The highest BCUT2D eigenvalue weighted by Crippen LogP contribution is 2.41. The van der Waals surface area contributed by atoms with Crippen molar-refractivity contribution in [3.63, 3.8) is 0 Å². The van der Waals surface area contributed by atoms with E-state index >= 15 is 0 Å². The molecule has 2 saturated heterocycles. The van der Waals surface area contributed by atoms with Gasteiger partial charge in [-0.25, -0.2) is 4.79 Å². The maximum absolute atomic E-state index is 12.7. The van der Waals surface area contributed by atoms with E-state index in [2.05, 4.69) is 4.98 Å². The van der Waals surface area contributed by atoms with Gasteiger partial charge in [-0.05, 0) is 50.2 Å². The molecule has 0 radical (unpaired) electrons. The fraction of sp³-hybridized carbons (Fsp3) is 0.579. The lowest BCUT2D eigenvalue weighted by Gasteiger charge is -2.48. The minimum absolute atomic E-state index is 0.0151. The van der Waals surface area contributed by atoms with Gasteiger partial charge in [-0.1, -0.05) is 0 Å². The molecule has 1 aromatic rings. The number of carboxylic acid groups (broad SMARTS) is 1. The second kappa shape index (κ2) is 7.05. The molecule has 2 aliphatic rings. The predicted octanol–water partition coefficient (Wildman–Crippen LogP) is 1.71. The molecule has 0 bridgehead atoms. The van der Waals surface area contributed by atoms with Gasteiger partial charge in [0, 0.05) is 38.4 Å². The fourth-order valence-electron chi connectivity index (χ4n) is 3.98. The summed E-state index contributed by atoms with van der Waals surface area (Å²) in [5.41, 5.74) is 1.47. The molecule has 26 heavy (non-hydrogen) atoms. The molecule has 2 fully saturated rings. The Morgan fingerprint density at radius 2 is 1.92 bits per heavy atom. The summed E-state index contributed by atoms with van der Waals surface area (Å²) in [6, 6.07) is 1.03. The van der Waals surface area contributed by atoms with Crippen LogP contribution in [0.15, 0.2) is 18.5 Å². The van der Waals surface area contributed by atoms with Crippen LogP contribution in [-0.4, -0.2) is 63.4 Å². The number of piperidine rings is 2. The predicted molar refractivity (Wildman–Crippen MR) is 94.6 cm³/mol. The van der Waals surface area contributed by atoms with Crippen LogP contribution < -0.4 is 0 Å². The van der Waals surface area contributed by atoms with Gasteiger partial charge in [-0.3, -0.25) is 14.6 Å². The molecule has 1 aromatic heterocycles. The van der Waals surface area contributed by atoms with Crippen molar-refractivity contribution < 1.29 is 19.5 Å². The van der Waals surface area contributed by atoms with Crippen molar-refractivity contribution in [2.45, 2.75) is 45.6 Å². The number of hydrogen-bond donors (Lipinski definition) is 1. The van der Waals surface area contributed by atoms with Crippen LogP contribution in [0.4, 0.5) is 0 Å². The van der Waals surface area contributed by atoms with Crippen LogP contribution in [0.2, 0.25) is 0 Å². The molecule has 0 aromatic carbocycles. The number of pyridine rings is 1. The molecule has 2 amide bonds. The van der Waals surface area contributed by atoms with Gasteiger partial charge in [0.25, 0.3) is 5.91 Å². The molecular weight excluding hydrogens is 334 g/mol. The second-order valence-electron chi connectivity index (χ2n) is 7.58. The number of likely N-dealkylation sites (tertiary alicyclic amines) is 2. The highest BCUT2D eigenvalue weighted by molar-refractivity contribution is 5.94. The van der Waals surface area contributed by atoms with Crippen LogP contribution in [0, 0.1) is 12.3 Å². The van der Waals surface area contributed by atoms with Crippen molar-refractivity contribution in [2.24, 2.45) is 5.41 Å². The van der Waals surface area contributed by atoms with Gasteiger partial charge in [-0.2, -0.15) is 0 Å². The Bertz CT molecular complexity index is 725. The minimum Gasteiger partial charge on any atom is -0.480 e. The Kier molecular flexibility index (Phi) is 4.98. The molecule has 3 rings (SSSR count). The first kappa shape index (κ1) is 18.4. The van der Waals surface area contributed by atoms with E-state index in [9.17, 15) is 19.5 Å². The van der Waals surface area contributed by atoms with E-state index in [0.717, 1.165) is 24.8 Å². The van der Waals surface area contributed by atoms with Crippen molar-refractivity contribution in [3.05, 3.63) is 29.6 Å². The van der Waals surface area contributed by atoms with Gasteiger partial charge in [0.1, 0.15) is 6.04 Å². The SMILES string of the molecule is Cc1cncc(C(=O)N2CCC3(CCC(=O)N(C(C)C(=O)O)C3)CC2)c1. The number of aliphatic carboxylic acids is 1. The van der Waals surface area contributed by atoms with Crippen molar-refractivity contribution in [1.82, 2.24) is 14.8 Å². The molecule has 2 aliphatic heterocycles. The number of amides is 2. The lowest BCUT2D eigenvalue weighted by atomic mass is 9.72. The average Bonchev–Trinajstić information content (AvgIpc) is 2.63. The standard InChI is InChI=1S/C19H25N3O4/c1-13-9-15(11-20-10-13)17(24)21-7-5-19(6-8-21)4-3-16(23)22(12-19)14(2)18(25)26/h9-11,14H,3-8,12H2,1-2H3,(H,25,26). The van der Waals surface area contributed by atoms with Gasteiger partial charge >= 0.3 is 5.97 Å². The van der Waals surface area contributed by atoms with Crippen molar-refractivity contribution in [3.8, 4) is 0 Å². The Balaban J connectivity index is 1.66. The lowest BCUT2D eigenvalue weighted by Crippen LogP contribution is -2.55. The summed E-state index contributed by atoms with van der Waals surface area (Å²) in [4.78, 5) is 43.5. The molecule has 0 aliphatic carbocycles. The highest BCUT2D eigenvalue weighted by atomic mass is 16.4. The number of carbonyl (C=O) groups excluding carboxylic acids is 2. The number of rotatable bonds is 3. The van der Waals surface area contributed by atoms with Gasteiger partial charge in [0.2, 0.25) is 5.91 Å².